The molecule has 3 heteroatoms. The maximum Gasteiger partial charge on any atom is 0.307 e. The van der Waals surface area contributed by atoms with Gasteiger partial charge in [-0.1, -0.05) is 6.08 Å². The van der Waals surface area contributed by atoms with Crippen LogP contribution in [0.3, 0.4) is 0 Å². The lowest BCUT2D eigenvalue weighted by molar-refractivity contribution is -0.136. The molecule has 0 bridgehead atoms. The number of carbonyl (C=O) groups is 1. The van der Waals surface area contributed by atoms with E-state index in [1.165, 1.54) is 0 Å². The van der Waals surface area contributed by atoms with Crippen LogP contribution in [0.4, 0.5) is 0 Å². The summed E-state index contributed by atoms with van der Waals surface area (Å²) < 4.78 is 0. The highest BCUT2D eigenvalue weighted by atomic mass is 16.4. The third-order valence-corrected chi connectivity index (χ3v) is 2.36. The Kier molecular flexibility index (Phi) is 3.48. The van der Waals surface area contributed by atoms with Crippen molar-refractivity contribution < 1.29 is 9.90 Å². The van der Waals surface area contributed by atoms with Gasteiger partial charge in [0.2, 0.25) is 0 Å². The van der Waals surface area contributed by atoms with Crippen molar-refractivity contribution in [3.05, 3.63) is 11.6 Å². The monoisotopic (exact) mass is 183 g/mol. The van der Waals surface area contributed by atoms with Crippen molar-refractivity contribution in [1.82, 2.24) is 4.90 Å². The molecule has 74 valence electrons. The van der Waals surface area contributed by atoms with Gasteiger partial charge in [0, 0.05) is 19.1 Å². The maximum absolute atomic E-state index is 10.5. The fourth-order valence-electron chi connectivity index (χ4n) is 1.60. The van der Waals surface area contributed by atoms with Crippen LogP contribution in [0.5, 0.6) is 0 Å². The molecule has 3 nitrogen and oxygen atoms in total. The molecule has 0 saturated heterocycles. The van der Waals surface area contributed by atoms with Crippen molar-refractivity contribution in [2.45, 2.75) is 32.7 Å². The molecule has 0 aliphatic carbocycles. The van der Waals surface area contributed by atoms with E-state index in [0.717, 1.165) is 25.1 Å². The molecule has 0 aromatic rings. The Bertz CT molecular complexity index is 221. The van der Waals surface area contributed by atoms with Gasteiger partial charge in [-0.25, -0.2) is 0 Å². The van der Waals surface area contributed by atoms with Crippen LogP contribution in [-0.4, -0.2) is 35.1 Å². The molecule has 0 spiro atoms. The van der Waals surface area contributed by atoms with Gasteiger partial charge in [0.15, 0.2) is 0 Å². The minimum Gasteiger partial charge on any atom is -0.481 e. The Morgan fingerprint density at radius 2 is 2.38 bits per heavy atom. The smallest absolute Gasteiger partial charge is 0.307 e. The minimum absolute atomic E-state index is 0.198. The fourth-order valence-corrected chi connectivity index (χ4v) is 1.60. The molecule has 0 unspecified atom stereocenters. The topological polar surface area (TPSA) is 40.5 Å². The fraction of sp³-hybridized carbons (Fsp3) is 0.700. The van der Waals surface area contributed by atoms with Gasteiger partial charge in [-0.15, -0.1) is 0 Å². The Morgan fingerprint density at radius 3 is 2.92 bits per heavy atom. The molecular weight excluding hydrogens is 166 g/mol. The van der Waals surface area contributed by atoms with Crippen molar-refractivity contribution in [2.75, 3.05) is 13.1 Å². The summed E-state index contributed by atoms with van der Waals surface area (Å²) in [5.41, 5.74) is 1.05. The maximum atomic E-state index is 10.5. The number of carboxylic acid groups (broad SMARTS) is 1. The predicted octanol–water partition coefficient (Wildman–Crippen LogP) is 1.50. The molecule has 1 aliphatic rings. The summed E-state index contributed by atoms with van der Waals surface area (Å²) in [5.74, 6) is -0.725. The van der Waals surface area contributed by atoms with E-state index in [-0.39, 0.29) is 6.42 Å². The average molecular weight is 183 g/mol. The standard InChI is InChI=1S/C10H17NO2/c1-8(2)11-5-3-4-9(7-11)6-10(12)13/h4,8H,3,5-7H2,1-2H3,(H,12,13). The van der Waals surface area contributed by atoms with E-state index in [0.29, 0.717) is 6.04 Å². The van der Waals surface area contributed by atoms with E-state index in [1.54, 1.807) is 0 Å². The van der Waals surface area contributed by atoms with E-state index in [4.69, 9.17) is 5.11 Å². The first-order valence-electron chi connectivity index (χ1n) is 4.73. The Labute approximate surface area is 79.0 Å². The Balaban J connectivity index is 2.49. The van der Waals surface area contributed by atoms with Crippen LogP contribution in [0.2, 0.25) is 0 Å². The van der Waals surface area contributed by atoms with Gasteiger partial charge >= 0.3 is 5.97 Å². The van der Waals surface area contributed by atoms with E-state index >= 15 is 0 Å². The molecule has 0 aromatic carbocycles. The molecule has 0 aromatic heterocycles. The lowest BCUT2D eigenvalue weighted by Gasteiger charge is -2.30. The van der Waals surface area contributed by atoms with Gasteiger partial charge in [0.05, 0.1) is 6.42 Å². The number of hydrogen-bond acceptors (Lipinski definition) is 2. The predicted molar refractivity (Wildman–Crippen MR) is 51.7 cm³/mol. The minimum atomic E-state index is -0.725. The molecule has 1 N–H and O–H groups in total. The van der Waals surface area contributed by atoms with Crippen LogP contribution >= 0.6 is 0 Å². The molecule has 1 aliphatic heterocycles. The lowest BCUT2D eigenvalue weighted by atomic mass is 10.1. The summed E-state index contributed by atoms with van der Waals surface area (Å²) >= 11 is 0. The highest BCUT2D eigenvalue weighted by molar-refractivity contribution is 5.70. The molecule has 0 amide bonds. The van der Waals surface area contributed by atoms with Crippen LogP contribution in [0.1, 0.15) is 26.7 Å². The highest BCUT2D eigenvalue weighted by Crippen LogP contribution is 2.14. The second kappa shape index (κ2) is 4.42. The number of nitrogens with zero attached hydrogens (tertiary/aromatic N) is 1. The van der Waals surface area contributed by atoms with Crippen LogP contribution in [0.15, 0.2) is 11.6 Å². The van der Waals surface area contributed by atoms with Gasteiger partial charge in [0.1, 0.15) is 0 Å². The molecule has 1 rings (SSSR count). The molecule has 0 radical (unpaired) electrons. The first-order chi connectivity index (χ1) is 6.09. The van der Waals surface area contributed by atoms with E-state index in [2.05, 4.69) is 24.8 Å². The first-order valence-corrected chi connectivity index (χ1v) is 4.73. The van der Waals surface area contributed by atoms with Gasteiger partial charge in [-0.3, -0.25) is 9.69 Å². The summed E-state index contributed by atoms with van der Waals surface area (Å²) in [6.45, 7) is 6.16. The first kappa shape index (κ1) is 10.3. The number of hydrogen-bond donors (Lipinski definition) is 1. The van der Waals surface area contributed by atoms with Crippen molar-refractivity contribution in [1.29, 1.82) is 0 Å². The highest BCUT2D eigenvalue weighted by Gasteiger charge is 2.16. The van der Waals surface area contributed by atoms with Crippen molar-refractivity contribution >= 4 is 5.97 Å². The molecule has 0 atom stereocenters. The summed E-state index contributed by atoms with van der Waals surface area (Å²) in [6.07, 6.45) is 3.25. The zero-order chi connectivity index (χ0) is 9.84. The van der Waals surface area contributed by atoms with E-state index in [1.807, 2.05) is 0 Å². The Morgan fingerprint density at radius 1 is 1.69 bits per heavy atom. The van der Waals surface area contributed by atoms with Gasteiger partial charge < -0.3 is 5.11 Å². The molecule has 1 heterocycles. The number of carboxylic acids is 1. The number of rotatable bonds is 3. The third kappa shape index (κ3) is 3.19. The summed E-state index contributed by atoms with van der Waals surface area (Å²) in [7, 11) is 0. The van der Waals surface area contributed by atoms with Crippen LogP contribution in [0.25, 0.3) is 0 Å². The second-order valence-corrected chi connectivity index (χ2v) is 3.79. The molecule has 13 heavy (non-hydrogen) atoms. The number of aliphatic carboxylic acids is 1. The van der Waals surface area contributed by atoms with E-state index < -0.39 is 5.97 Å². The van der Waals surface area contributed by atoms with Crippen molar-refractivity contribution in [3.8, 4) is 0 Å². The molecular formula is C10H17NO2. The van der Waals surface area contributed by atoms with Gasteiger partial charge in [0.25, 0.3) is 0 Å². The van der Waals surface area contributed by atoms with Crippen molar-refractivity contribution in [3.63, 3.8) is 0 Å². The van der Waals surface area contributed by atoms with Crippen molar-refractivity contribution in [2.24, 2.45) is 0 Å². The SMILES string of the molecule is CC(C)N1CCC=C(CC(=O)O)C1. The van der Waals surface area contributed by atoms with Crippen LogP contribution < -0.4 is 0 Å². The van der Waals surface area contributed by atoms with Gasteiger partial charge in [-0.05, 0) is 25.8 Å². The van der Waals surface area contributed by atoms with Gasteiger partial charge in [-0.2, -0.15) is 0 Å². The molecule has 0 saturated carbocycles. The van der Waals surface area contributed by atoms with Crippen LogP contribution in [0, 0.1) is 0 Å². The largest absolute Gasteiger partial charge is 0.481 e. The quantitative estimate of drug-likeness (QED) is 0.674. The third-order valence-electron chi connectivity index (χ3n) is 2.36. The summed E-state index contributed by atoms with van der Waals surface area (Å²) in [5, 5.41) is 8.63. The van der Waals surface area contributed by atoms with E-state index in [9.17, 15) is 4.79 Å². The lowest BCUT2D eigenvalue weighted by Crippen LogP contribution is -2.36. The molecule has 0 fully saturated rings. The zero-order valence-electron chi connectivity index (χ0n) is 8.29. The normalized spacial score (nSPS) is 18.8. The second-order valence-electron chi connectivity index (χ2n) is 3.79. The van der Waals surface area contributed by atoms with Crippen LogP contribution in [-0.2, 0) is 4.79 Å². The Hall–Kier alpha value is -0.830. The zero-order valence-corrected chi connectivity index (χ0v) is 8.29. The summed E-state index contributed by atoms with van der Waals surface area (Å²) in [6, 6.07) is 0.512. The summed E-state index contributed by atoms with van der Waals surface area (Å²) in [4.78, 5) is 12.8. The average Bonchev–Trinajstić information content (AvgIpc) is 2.03.